The van der Waals surface area contributed by atoms with Gasteiger partial charge in [-0.1, -0.05) is 0 Å². The Kier molecular flexibility index (Phi) is 3.59. The summed E-state index contributed by atoms with van der Waals surface area (Å²) >= 11 is 0. The van der Waals surface area contributed by atoms with Crippen molar-refractivity contribution in [3.05, 3.63) is 29.3 Å². The van der Waals surface area contributed by atoms with Crippen molar-refractivity contribution < 1.29 is 13.9 Å². The maximum atomic E-state index is 13.3. The molecule has 3 N–H and O–H groups in total. The summed E-state index contributed by atoms with van der Waals surface area (Å²) in [4.78, 5) is 1.98. The molecule has 1 atom stereocenters. The van der Waals surface area contributed by atoms with E-state index in [4.69, 9.17) is 10.8 Å². The monoisotopic (exact) mass is 242 g/mol. The Morgan fingerprint density at radius 3 is 2.41 bits per heavy atom. The molecule has 0 spiro atoms. The largest absolute Gasteiger partial charge is 0.394 e. The number of aliphatic hydroxyl groups excluding tert-OH is 1. The van der Waals surface area contributed by atoms with Crippen LogP contribution in [0.2, 0.25) is 0 Å². The van der Waals surface area contributed by atoms with Gasteiger partial charge in [-0.25, -0.2) is 8.78 Å². The molecule has 0 aliphatic carbocycles. The molecule has 1 aromatic carbocycles. The average molecular weight is 242 g/mol. The SMILES string of the molecule is NC(CO)c1cc(F)c(F)cc1N1CCCC1. The molecular formula is C12H16F2N2O. The Balaban J connectivity index is 2.43. The lowest BCUT2D eigenvalue weighted by Crippen LogP contribution is -2.24. The highest BCUT2D eigenvalue weighted by Gasteiger charge is 2.21. The molecule has 5 heteroatoms. The summed E-state index contributed by atoms with van der Waals surface area (Å²) in [6.07, 6.45) is 2.07. The van der Waals surface area contributed by atoms with Crippen LogP contribution >= 0.6 is 0 Å². The first-order chi connectivity index (χ1) is 8.13. The summed E-state index contributed by atoms with van der Waals surface area (Å²) in [5, 5.41) is 9.06. The minimum atomic E-state index is -0.924. The third-order valence-corrected chi connectivity index (χ3v) is 3.11. The smallest absolute Gasteiger partial charge is 0.160 e. The molecule has 1 aliphatic rings. The van der Waals surface area contributed by atoms with Crippen molar-refractivity contribution in [3.63, 3.8) is 0 Å². The van der Waals surface area contributed by atoms with Crippen LogP contribution in [-0.2, 0) is 0 Å². The maximum absolute atomic E-state index is 13.3. The standard InChI is InChI=1S/C12H16F2N2O/c13-9-5-8(11(15)7-17)12(6-10(9)14)16-3-1-2-4-16/h5-6,11,17H,1-4,7,15H2. The summed E-state index contributed by atoms with van der Waals surface area (Å²) in [7, 11) is 0. The molecule has 1 fully saturated rings. The van der Waals surface area contributed by atoms with E-state index in [-0.39, 0.29) is 6.61 Å². The van der Waals surface area contributed by atoms with Crippen LogP contribution in [0.25, 0.3) is 0 Å². The number of halogens is 2. The van der Waals surface area contributed by atoms with E-state index in [1.165, 1.54) is 6.07 Å². The Hall–Kier alpha value is -1.20. The van der Waals surface area contributed by atoms with Gasteiger partial charge in [0, 0.05) is 24.8 Å². The van der Waals surface area contributed by atoms with Crippen molar-refractivity contribution >= 4 is 5.69 Å². The quantitative estimate of drug-likeness (QED) is 0.845. The Morgan fingerprint density at radius 1 is 1.24 bits per heavy atom. The van der Waals surface area contributed by atoms with E-state index in [9.17, 15) is 8.78 Å². The van der Waals surface area contributed by atoms with Crippen LogP contribution in [0.4, 0.5) is 14.5 Å². The minimum Gasteiger partial charge on any atom is -0.394 e. The van der Waals surface area contributed by atoms with Gasteiger partial charge in [-0.05, 0) is 24.5 Å². The number of aliphatic hydroxyl groups is 1. The summed E-state index contributed by atoms with van der Waals surface area (Å²) in [6, 6.07) is 1.58. The molecule has 0 aromatic heterocycles. The molecule has 1 unspecified atom stereocenters. The van der Waals surface area contributed by atoms with Gasteiger partial charge in [0.15, 0.2) is 11.6 Å². The highest BCUT2D eigenvalue weighted by Crippen LogP contribution is 2.30. The van der Waals surface area contributed by atoms with Crippen molar-refractivity contribution in [2.75, 3.05) is 24.6 Å². The van der Waals surface area contributed by atoms with Gasteiger partial charge in [-0.15, -0.1) is 0 Å². The first-order valence-electron chi connectivity index (χ1n) is 5.74. The molecule has 0 bridgehead atoms. The highest BCUT2D eigenvalue weighted by molar-refractivity contribution is 5.56. The molecule has 0 saturated carbocycles. The third kappa shape index (κ3) is 2.40. The van der Waals surface area contributed by atoms with Crippen molar-refractivity contribution in [2.45, 2.75) is 18.9 Å². The lowest BCUT2D eigenvalue weighted by Gasteiger charge is -2.24. The fraction of sp³-hybridized carbons (Fsp3) is 0.500. The first kappa shape index (κ1) is 12.3. The number of hydrogen-bond donors (Lipinski definition) is 2. The van der Waals surface area contributed by atoms with E-state index >= 15 is 0 Å². The summed E-state index contributed by atoms with van der Waals surface area (Å²) in [5.41, 5.74) is 6.78. The number of nitrogens with zero attached hydrogens (tertiary/aromatic N) is 1. The number of benzene rings is 1. The predicted octanol–water partition coefficient (Wildman–Crippen LogP) is 1.56. The number of nitrogens with two attached hydrogens (primary N) is 1. The first-order valence-corrected chi connectivity index (χ1v) is 5.74. The van der Waals surface area contributed by atoms with Crippen LogP contribution in [0.3, 0.4) is 0 Å². The summed E-state index contributed by atoms with van der Waals surface area (Å²) < 4.78 is 26.5. The van der Waals surface area contributed by atoms with E-state index in [1.54, 1.807) is 0 Å². The van der Waals surface area contributed by atoms with E-state index in [2.05, 4.69) is 0 Å². The second-order valence-electron chi connectivity index (χ2n) is 4.31. The van der Waals surface area contributed by atoms with Gasteiger partial charge in [0.1, 0.15) is 0 Å². The molecule has 1 aliphatic heterocycles. The summed E-state index contributed by atoms with van der Waals surface area (Å²) in [5.74, 6) is -1.80. The van der Waals surface area contributed by atoms with Gasteiger partial charge < -0.3 is 15.7 Å². The number of hydrogen-bond acceptors (Lipinski definition) is 3. The van der Waals surface area contributed by atoms with Crippen LogP contribution in [-0.4, -0.2) is 24.8 Å². The molecule has 1 saturated heterocycles. The van der Waals surface area contributed by atoms with Gasteiger partial charge in [0.25, 0.3) is 0 Å². The molecule has 94 valence electrons. The zero-order valence-corrected chi connectivity index (χ0v) is 9.50. The second-order valence-corrected chi connectivity index (χ2v) is 4.31. The lowest BCUT2D eigenvalue weighted by atomic mass is 10.0. The normalized spacial score (nSPS) is 17.5. The Labute approximate surface area is 98.8 Å². The van der Waals surface area contributed by atoms with Crippen molar-refractivity contribution in [1.82, 2.24) is 0 Å². The van der Waals surface area contributed by atoms with E-state index in [0.29, 0.717) is 11.3 Å². The van der Waals surface area contributed by atoms with Crippen molar-refractivity contribution in [3.8, 4) is 0 Å². The van der Waals surface area contributed by atoms with Crippen LogP contribution in [0.15, 0.2) is 12.1 Å². The van der Waals surface area contributed by atoms with Gasteiger partial charge in [-0.2, -0.15) is 0 Å². The van der Waals surface area contributed by atoms with Crippen LogP contribution < -0.4 is 10.6 Å². The second kappa shape index (κ2) is 4.98. The lowest BCUT2D eigenvalue weighted by molar-refractivity contribution is 0.267. The van der Waals surface area contributed by atoms with Gasteiger partial charge >= 0.3 is 0 Å². The molecular weight excluding hydrogens is 226 g/mol. The summed E-state index contributed by atoms with van der Waals surface area (Å²) in [6.45, 7) is 1.35. The molecule has 2 rings (SSSR count). The van der Waals surface area contributed by atoms with Crippen molar-refractivity contribution in [2.24, 2.45) is 5.73 Å². The molecule has 1 heterocycles. The molecule has 1 aromatic rings. The number of rotatable bonds is 3. The minimum absolute atomic E-state index is 0.286. The van der Waals surface area contributed by atoms with E-state index < -0.39 is 17.7 Å². The van der Waals surface area contributed by atoms with Gasteiger partial charge in [-0.3, -0.25) is 0 Å². The fourth-order valence-electron chi connectivity index (χ4n) is 2.18. The zero-order chi connectivity index (χ0) is 12.4. The maximum Gasteiger partial charge on any atom is 0.160 e. The average Bonchev–Trinajstić information content (AvgIpc) is 2.84. The number of anilines is 1. The van der Waals surface area contributed by atoms with E-state index in [0.717, 1.165) is 32.0 Å². The highest BCUT2D eigenvalue weighted by atomic mass is 19.2. The predicted molar refractivity (Wildman–Crippen MR) is 61.8 cm³/mol. The Morgan fingerprint density at radius 2 is 1.82 bits per heavy atom. The van der Waals surface area contributed by atoms with Crippen LogP contribution in [0, 0.1) is 11.6 Å². The molecule has 3 nitrogen and oxygen atoms in total. The van der Waals surface area contributed by atoms with E-state index in [1.807, 2.05) is 4.90 Å². The molecule has 17 heavy (non-hydrogen) atoms. The van der Waals surface area contributed by atoms with Gasteiger partial charge in [0.2, 0.25) is 0 Å². The third-order valence-electron chi connectivity index (χ3n) is 3.11. The van der Waals surface area contributed by atoms with Gasteiger partial charge in [0.05, 0.1) is 12.6 Å². The van der Waals surface area contributed by atoms with Crippen LogP contribution in [0.5, 0.6) is 0 Å². The molecule has 0 amide bonds. The molecule has 0 radical (unpaired) electrons. The zero-order valence-electron chi connectivity index (χ0n) is 9.50. The van der Waals surface area contributed by atoms with Crippen molar-refractivity contribution in [1.29, 1.82) is 0 Å². The fourth-order valence-corrected chi connectivity index (χ4v) is 2.18. The topological polar surface area (TPSA) is 49.5 Å². The Bertz CT molecular complexity index is 406. The van der Waals surface area contributed by atoms with Crippen LogP contribution in [0.1, 0.15) is 24.4 Å².